The maximum absolute atomic E-state index is 13.0. The number of rotatable bonds is 4. The summed E-state index contributed by atoms with van der Waals surface area (Å²) in [5.74, 6) is 0.466. The molecule has 0 aliphatic carbocycles. The van der Waals surface area contributed by atoms with E-state index in [0.717, 1.165) is 0 Å². The molecular formula is C20H18N5O4S+. The fourth-order valence-electron chi connectivity index (χ4n) is 3.58. The Morgan fingerprint density at radius 1 is 1.27 bits per heavy atom. The molecular weight excluding hydrogens is 406 g/mol. The number of para-hydroxylation sites is 1. The van der Waals surface area contributed by atoms with Gasteiger partial charge in [-0.05, 0) is 34.7 Å². The number of carbonyl (C=O) groups excluding carboxylic acids is 1. The van der Waals surface area contributed by atoms with E-state index in [-0.39, 0.29) is 17.2 Å². The molecule has 2 heterocycles. The highest BCUT2D eigenvalue weighted by molar-refractivity contribution is 7.99. The fourth-order valence-corrected chi connectivity index (χ4v) is 4.17. The third kappa shape index (κ3) is 3.24. The average molecular weight is 424 g/mol. The minimum Gasteiger partial charge on any atom is -0.291 e. The summed E-state index contributed by atoms with van der Waals surface area (Å²) in [4.78, 5) is 40.6. The number of fused-ring (bicyclic) bond motifs is 3. The number of amides is 1. The van der Waals surface area contributed by atoms with Crippen LogP contribution in [0.5, 0.6) is 0 Å². The van der Waals surface area contributed by atoms with Crippen molar-refractivity contribution in [3.05, 3.63) is 74.6 Å². The van der Waals surface area contributed by atoms with Gasteiger partial charge in [0.15, 0.2) is 0 Å². The van der Waals surface area contributed by atoms with Crippen LogP contribution < -0.4 is 15.1 Å². The Hall–Kier alpha value is -3.53. The van der Waals surface area contributed by atoms with E-state index in [1.807, 2.05) is 6.92 Å². The second-order valence-electron chi connectivity index (χ2n) is 6.61. The van der Waals surface area contributed by atoms with E-state index < -0.39 is 11.1 Å². The van der Waals surface area contributed by atoms with Gasteiger partial charge in [0.1, 0.15) is 0 Å². The van der Waals surface area contributed by atoms with Crippen LogP contribution in [-0.4, -0.2) is 26.7 Å². The van der Waals surface area contributed by atoms with Crippen molar-refractivity contribution >= 4 is 29.0 Å². The molecule has 2 aromatic carbocycles. The summed E-state index contributed by atoms with van der Waals surface area (Å²) in [6, 6.07) is 13.0. The standard InChI is InChI=1S/C20H17N5O4S/c1-3-30-20-21-18(27)17-15-6-4-5-7-16(15)23(12(2)26)19(24(17)22-20)13-8-10-14(11-9-13)25(28)29/h4-11,19H,3H2,1-2H3/p+1. The average Bonchev–Trinajstić information content (AvgIpc) is 2.72. The molecule has 3 aromatic rings. The highest BCUT2D eigenvalue weighted by Crippen LogP contribution is 2.37. The highest BCUT2D eigenvalue weighted by Gasteiger charge is 2.44. The Labute approximate surface area is 175 Å². The summed E-state index contributed by atoms with van der Waals surface area (Å²) < 4.78 is 1.53. The highest BCUT2D eigenvalue weighted by atomic mass is 32.2. The van der Waals surface area contributed by atoms with Gasteiger partial charge >= 0.3 is 11.3 Å². The van der Waals surface area contributed by atoms with Gasteiger partial charge < -0.3 is 0 Å². The van der Waals surface area contributed by atoms with Gasteiger partial charge in [-0.25, -0.2) is 4.90 Å². The normalized spacial score (nSPS) is 14.7. The Bertz CT molecular complexity index is 1210. The first-order chi connectivity index (χ1) is 14.4. The van der Waals surface area contributed by atoms with Crippen molar-refractivity contribution in [1.82, 2.24) is 10.1 Å². The molecule has 9 nitrogen and oxygen atoms in total. The van der Waals surface area contributed by atoms with Crippen LogP contribution in [0.1, 0.15) is 25.6 Å². The summed E-state index contributed by atoms with van der Waals surface area (Å²) in [6.45, 7) is 3.38. The van der Waals surface area contributed by atoms with Gasteiger partial charge in [0.2, 0.25) is 11.1 Å². The molecule has 1 aliphatic heterocycles. The van der Waals surface area contributed by atoms with Crippen molar-refractivity contribution in [2.75, 3.05) is 10.7 Å². The van der Waals surface area contributed by atoms with Gasteiger partial charge in [-0.15, -0.1) is 0 Å². The van der Waals surface area contributed by atoms with E-state index in [1.165, 1.54) is 35.5 Å². The molecule has 1 N–H and O–H groups in total. The third-order valence-electron chi connectivity index (χ3n) is 4.78. The molecule has 10 heteroatoms. The van der Waals surface area contributed by atoms with Crippen molar-refractivity contribution in [1.29, 1.82) is 0 Å². The zero-order valence-electron chi connectivity index (χ0n) is 16.2. The lowest BCUT2D eigenvalue weighted by atomic mass is 10.0. The number of thioether (sulfide) groups is 1. The first-order valence-electron chi connectivity index (χ1n) is 9.25. The summed E-state index contributed by atoms with van der Waals surface area (Å²) in [5, 5.41) is 16.1. The predicted molar refractivity (Wildman–Crippen MR) is 111 cm³/mol. The topological polar surface area (TPSA) is 113 Å². The lowest BCUT2D eigenvalue weighted by Crippen LogP contribution is -2.60. The van der Waals surface area contributed by atoms with Crippen molar-refractivity contribution < 1.29 is 14.4 Å². The molecule has 30 heavy (non-hydrogen) atoms. The molecule has 0 bridgehead atoms. The van der Waals surface area contributed by atoms with E-state index in [1.54, 1.807) is 41.3 Å². The predicted octanol–water partition coefficient (Wildman–Crippen LogP) is 2.66. The number of carbonyl (C=O) groups is 1. The first kappa shape index (κ1) is 19.8. The fraction of sp³-hybridized carbons (Fsp3) is 0.200. The van der Waals surface area contributed by atoms with Crippen molar-refractivity contribution in [3.8, 4) is 11.3 Å². The van der Waals surface area contributed by atoms with Crippen LogP contribution in [0.4, 0.5) is 11.4 Å². The second-order valence-corrected chi connectivity index (χ2v) is 7.87. The van der Waals surface area contributed by atoms with Gasteiger partial charge in [0.25, 0.3) is 11.9 Å². The molecule has 1 aliphatic rings. The van der Waals surface area contributed by atoms with Gasteiger partial charge in [-0.3, -0.25) is 24.7 Å². The monoisotopic (exact) mass is 424 g/mol. The number of nitro groups is 1. The van der Waals surface area contributed by atoms with E-state index in [0.29, 0.717) is 33.4 Å². The molecule has 0 spiro atoms. The number of H-pyrrole nitrogens is 1. The number of benzene rings is 2. The third-order valence-corrected chi connectivity index (χ3v) is 5.53. The maximum atomic E-state index is 13.0. The van der Waals surface area contributed by atoms with Gasteiger partial charge in [0.05, 0.1) is 16.2 Å². The molecule has 1 amide bonds. The van der Waals surface area contributed by atoms with Crippen molar-refractivity contribution in [2.45, 2.75) is 25.2 Å². The zero-order chi connectivity index (χ0) is 21.4. The van der Waals surface area contributed by atoms with Crippen molar-refractivity contribution in [3.63, 3.8) is 0 Å². The Kier molecular flexibility index (Phi) is 5.08. The number of nitrogens with zero attached hydrogens (tertiary/aromatic N) is 4. The van der Waals surface area contributed by atoms with E-state index >= 15 is 0 Å². The second kappa shape index (κ2) is 7.71. The summed E-state index contributed by atoms with van der Waals surface area (Å²) in [5.41, 5.74) is 1.72. The Balaban J connectivity index is 2.02. The van der Waals surface area contributed by atoms with Crippen LogP contribution in [0.3, 0.4) is 0 Å². The number of anilines is 1. The quantitative estimate of drug-likeness (QED) is 0.298. The van der Waals surface area contributed by atoms with Gasteiger partial charge in [-0.1, -0.05) is 30.8 Å². The van der Waals surface area contributed by atoms with Gasteiger partial charge in [-0.2, -0.15) is 0 Å². The largest absolute Gasteiger partial charge is 0.325 e. The number of hydrogen-bond acceptors (Lipinski definition) is 6. The first-order valence-corrected chi connectivity index (χ1v) is 10.2. The van der Waals surface area contributed by atoms with E-state index in [4.69, 9.17) is 0 Å². The molecule has 0 saturated carbocycles. The smallest absolute Gasteiger partial charge is 0.291 e. The zero-order valence-corrected chi connectivity index (χ0v) is 17.0. The van der Waals surface area contributed by atoms with Crippen LogP contribution >= 0.6 is 11.8 Å². The Morgan fingerprint density at radius 2 is 1.97 bits per heavy atom. The number of hydrogen-bond donors (Lipinski definition) is 1. The molecule has 1 aromatic heterocycles. The number of nitrogens with one attached hydrogen (secondary N) is 1. The van der Waals surface area contributed by atoms with Crippen LogP contribution in [-0.2, 0) is 4.79 Å². The van der Waals surface area contributed by atoms with Crippen LogP contribution in [0.25, 0.3) is 11.3 Å². The lowest BCUT2D eigenvalue weighted by molar-refractivity contribution is -0.763. The van der Waals surface area contributed by atoms with Crippen LogP contribution in [0.2, 0.25) is 0 Å². The van der Waals surface area contributed by atoms with Crippen LogP contribution in [0, 0.1) is 10.1 Å². The summed E-state index contributed by atoms with van der Waals surface area (Å²) in [6.07, 6.45) is -0.758. The summed E-state index contributed by atoms with van der Waals surface area (Å²) in [7, 11) is 0. The Morgan fingerprint density at radius 3 is 2.60 bits per heavy atom. The van der Waals surface area contributed by atoms with Crippen LogP contribution in [0.15, 0.2) is 58.5 Å². The minimum absolute atomic E-state index is 0.0596. The number of aromatic amines is 1. The van der Waals surface area contributed by atoms with Gasteiger partial charge in [0, 0.05) is 29.7 Å². The number of aromatic nitrogens is 3. The SMILES string of the molecule is CCSc1n[n+]2c(c(=O)[nH]1)-c1ccccc1N(C(C)=O)C2c1ccc([N+](=O)[O-])cc1. The molecule has 1 unspecified atom stereocenters. The molecule has 0 saturated heterocycles. The maximum Gasteiger partial charge on any atom is 0.325 e. The van der Waals surface area contributed by atoms with E-state index in [2.05, 4.69) is 10.1 Å². The molecule has 1 atom stereocenters. The summed E-state index contributed by atoms with van der Waals surface area (Å²) >= 11 is 1.38. The molecule has 4 rings (SSSR count). The number of non-ortho nitro benzene ring substituents is 1. The number of nitro benzene ring substituents is 1. The molecule has 0 fully saturated rings. The van der Waals surface area contributed by atoms with E-state index in [9.17, 15) is 19.7 Å². The molecule has 0 radical (unpaired) electrons. The molecule has 152 valence electrons. The van der Waals surface area contributed by atoms with Crippen molar-refractivity contribution in [2.24, 2.45) is 0 Å². The lowest BCUT2D eigenvalue weighted by Gasteiger charge is -2.31. The minimum atomic E-state index is -0.758.